The van der Waals surface area contributed by atoms with Crippen LogP contribution < -0.4 is 16.4 Å². The molecule has 4 N–H and O–H groups in total. The topological polar surface area (TPSA) is 113 Å². The zero-order valence-electron chi connectivity index (χ0n) is 19.1. The molecule has 168 valence electrons. The third kappa shape index (κ3) is 5.51. The summed E-state index contributed by atoms with van der Waals surface area (Å²) in [5.74, 6) is 0.488. The van der Waals surface area contributed by atoms with E-state index in [1.165, 1.54) is 0 Å². The molecule has 8 heteroatoms. The Bertz CT molecular complexity index is 1250. The first kappa shape index (κ1) is 22.8. The van der Waals surface area contributed by atoms with E-state index < -0.39 is 0 Å². The molecule has 1 aromatic carbocycles. The molecule has 4 rings (SSSR count). The van der Waals surface area contributed by atoms with E-state index in [4.69, 9.17) is 22.9 Å². The monoisotopic (exact) mass is 457 g/mol. The molecular weight excluding hydrogens is 430 g/mol. The highest BCUT2D eigenvalue weighted by Crippen LogP contribution is 2.34. The summed E-state index contributed by atoms with van der Waals surface area (Å²) in [6.07, 6.45) is 7.11. The van der Waals surface area contributed by atoms with E-state index in [1.54, 1.807) is 12.1 Å². The van der Waals surface area contributed by atoms with Crippen molar-refractivity contribution in [1.29, 1.82) is 5.26 Å². The highest BCUT2D eigenvalue weighted by Gasteiger charge is 2.20. The van der Waals surface area contributed by atoms with Crippen LogP contribution >= 0.6 is 12.2 Å². The van der Waals surface area contributed by atoms with E-state index in [1.807, 2.05) is 39.2 Å². The van der Waals surface area contributed by atoms with Crippen molar-refractivity contribution in [1.82, 2.24) is 15.0 Å². The number of nitrogens with zero attached hydrogens (tertiary/aromatic N) is 4. The van der Waals surface area contributed by atoms with Crippen LogP contribution in [0.5, 0.6) is 0 Å². The lowest BCUT2D eigenvalue weighted by Crippen LogP contribution is -2.31. The lowest BCUT2D eigenvalue weighted by Gasteiger charge is -2.18. The summed E-state index contributed by atoms with van der Waals surface area (Å²) in [6.45, 7) is 6.05. The minimum absolute atomic E-state index is 0.170. The van der Waals surface area contributed by atoms with Crippen LogP contribution in [0.15, 0.2) is 36.7 Å². The van der Waals surface area contributed by atoms with Gasteiger partial charge in [0, 0.05) is 41.2 Å². The molecule has 7 nitrogen and oxygen atoms in total. The highest BCUT2D eigenvalue weighted by atomic mass is 32.1. The van der Waals surface area contributed by atoms with Crippen LogP contribution in [0.2, 0.25) is 0 Å². The van der Waals surface area contributed by atoms with Gasteiger partial charge >= 0.3 is 0 Å². The van der Waals surface area contributed by atoms with Gasteiger partial charge in [-0.25, -0.2) is 9.97 Å². The molecule has 0 saturated heterocycles. The number of fused-ring (bicyclic) bond motifs is 3. The maximum atomic E-state index is 9.26. The van der Waals surface area contributed by atoms with Gasteiger partial charge in [0.15, 0.2) is 0 Å². The van der Waals surface area contributed by atoms with Crippen molar-refractivity contribution in [2.45, 2.75) is 52.0 Å². The predicted molar refractivity (Wildman–Crippen MR) is 136 cm³/mol. The van der Waals surface area contributed by atoms with Crippen LogP contribution in [0.4, 0.5) is 17.3 Å². The van der Waals surface area contributed by atoms with Crippen molar-refractivity contribution in [2.24, 2.45) is 5.73 Å². The number of pyridine rings is 1. The normalized spacial score (nSPS) is 12.8. The number of aromatic nitrogens is 3. The molecule has 0 bridgehead atoms. The van der Waals surface area contributed by atoms with Gasteiger partial charge < -0.3 is 16.4 Å². The number of thiocarbonyl (C=S) groups is 1. The van der Waals surface area contributed by atoms with E-state index in [9.17, 15) is 5.26 Å². The molecule has 0 unspecified atom stereocenters. The summed E-state index contributed by atoms with van der Waals surface area (Å²) >= 11 is 5.47. The van der Waals surface area contributed by atoms with Crippen LogP contribution in [0.3, 0.4) is 0 Å². The lowest BCUT2D eigenvalue weighted by molar-refractivity contribution is 0.459. The van der Waals surface area contributed by atoms with E-state index >= 15 is 0 Å². The molecule has 3 aromatic rings. The van der Waals surface area contributed by atoms with Gasteiger partial charge in [0.1, 0.15) is 0 Å². The third-order valence-corrected chi connectivity index (χ3v) is 5.82. The Morgan fingerprint density at radius 1 is 1.24 bits per heavy atom. The van der Waals surface area contributed by atoms with Crippen molar-refractivity contribution in [2.75, 3.05) is 10.6 Å². The Morgan fingerprint density at radius 3 is 2.82 bits per heavy atom. The van der Waals surface area contributed by atoms with E-state index in [2.05, 4.69) is 32.7 Å². The van der Waals surface area contributed by atoms with E-state index in [-0.39, 0.29) is 5.54 Å². The molecule has 1 aliphatic rings. The number of aryl methyl sites for hydroxylation is 2. The second kappa shape index (κ2) is 9.22. The van der Waals surface area contributed by atoms with Gasteiger partial charge in [-0.05, 0) is 69.9 Å². The first-order valence-corrected chi connectivity index (χ1v) is 11.3. The SMILES string of the molecule is Cc1ncc(CCCC(C)(C)N)cc1Nc1ncc2c(n1)-c1ccc(C#N)cc1NC(=S)C2. The standard InChI is InChI=1S/C25H27N7S/c1-15-20(10-17(13-28-15)5-4-8-25(2,3)27)31-24-29-14-18-11-22(33)30-21-9-16(12-26)6-7-19(21)23(18)32-24/h6-7,9-10,13-14H,4-5,8,11,27H2,1-3H3,(H,30,33)(H,29,31,32). The Hall–Kier alpha value is -3.41. The zero-order valence-corrected chi connectivity index (χ0v) is 19.9. The molecule has 0 amide bonds. The fourth-order valence-electron chi connectivity index (χ4n) is 3.83. The van der Waals surface area contributed by atoms with Gasteiger partial charge in [-0.15, -0.1) is 0 Å². The van der Waals surface area contributed by atoms with Crippen molar-refractivity contribution in [3.05, 3.63) is 59.0 Å². The largest absolute Gasteiger partial charge is 0.349 e. The Kier molecular flexibility index (Phi) is 6.36. The fourth-order valence-corrected chi connectivity index (χ4v) is 4.09. The molecule has 0 aliphatic carbocycles. The smallest absolute Gasteiger partial charge is 0.227 e. The Labute approximate surface area is 199 Å². The Morgan fingerprint density at radius 2 is 2.06 bits per heavy atom. The fraction of sp³-hybridized carbons (Fsp3) is 0.320. The molecule has 2 aromatic heterocycles. The minimum Gasteiger partial charge on any atom is -0.349 e. The van der Waals surface area contributed by atoms with Gasteiger partial charge in [-0.3, -0.25) is 4.98 Å². The molecule has 0 fully saturated rings. The maximum absolute atomic E-state index is 9.26. The summed E-state index contributed by atoms with van der Waals surface area (Å²) in [4.78, 5) is 14.6. The first-order valence-electron chi connectivity index (χ1n) is 10.9. The lowest BCUT2D eigenvalue weighted by atomic mass is 9.97. The first-order chi connectivity index (χ1) is 15.7. The number of nitrogens with one attached hydrogen (secondary N) is 2. The minimum atomic E-state index is -0.170. The highest BCUT2D eigenvalue weighted by molar-refractivity contribution is 7.80. The molecule has 0 spiro atoms. The number of benzene rings is 1. The summed E-state index contributed by atoms with van der Waals surface area (Å²) in [5.41, 5.74) is 12.8. The summed E-state index contributed by atoms with van der Waals surface area (Å²) in [6, 6.07) is 9.76. The third-order valence-electron chi connectivity index (χ3n) is 5.57. The molecule has 3 heterocycles. The van der Waals surface area contributed by atoms with Crippen LogP contribution in [-0.2, 0) is 12.8 Å². The van der Waals surface area contributed by atoms with Gasteiger partial charge in [-0.2, -0.15) is 5.26 Å². The summed E-state index contributed by atoms with van der Waals surface area (Å²) < 4.78 is 0. The second-order valence-corrected chi connectivity index (χ2v) is 9.60. The zero-order chi connectivity index (χ0) is 23.6. The van der Waals surface area contributed by atoms with Gasteiger partial charge in [0.25, 0.3) is 0 Å². The van der Waals surface area contributed by atoms with Gasteiger partial charge in [0.05, 0.1) is 33.7 Å². The predicted octanol–water partition coefficient (Wildman–Crippen LogP) is 4.82. The number of anilines is 3. The van der Waals surface area contributed by atoms with E-state index in [0.717, 1.165) is 58.7 Å². The van der Waals surface area contributed by atoms with E-state index in [0.29, 0.717) is 22.9 Å². The second-order valence-electron chi connectivity index (χ2n) is 9.11. The molecule has 0 saturated carbocycles. The molecular formula is C25H27N7S. The number of hydrogen-bond acceptors (Lipinski definition) is 7. The molecule has 0 atom stereocenters. The van der Waals surface area contributed by atoms with Crippen molar-refractivity contribution < 1.29 is 0 Å². The maximum Gasteiger partial charge on any atom is 0.227 e. The average molecular weight is 458 g/mol. The van der Waals surface area contributed by atoms with Gasteiger partial charge in [0.2, 0.25) is 5.95 Å². The Balaban J connectivity index is 1.62. The quantitative estimate of drug-likeness (QED) is 0.452. The van der Waals surface area contributed by atoms with Crippen LogP contribution in [-0.4, -0.2) is 25.5 Å². The van der Waals surface area contributed by atoms with Crippen molar-refractivity contribution in [3.8, 4) is 17.3 Å². The molecule has 33 heavy (non-hydrogen) atoms. The summed E-state index contributed by atoms with van der Waals surface area (Å²) in [5, 5.41) is 15.8. The number of nitrogens with two attached hydrogens (primary N) is 1. The van der Waals surface area contributed by atoms with Crippen LogP contribution in [0.25, 0.3) is 11.3 Å². The van der Waals surface area contributed by atoms with Crippen LogP contribution in [0, 0.1) is 18.3 Å². The number of nitriles is 1. The molecule has 0 radical (unpaired) electrons. The van der Waals surface area contributed by atoms with Crippen molar-refractivity contribution >= 4 is 34.5 Å². The van der Waals surface area contributed by atoms with Crippen molar-refractivity contribution in [3.63, 3.8) is 0 Å². The van der Waals surface area contributed by atoms with Crippen LogP contribution in [0.1, 0.15) is 49.1 Å². The number of rotatable bonds is 6. The average Bonchev–Trinajstić information content (AvgIpc) is 2.89. The number of hydrogen-bond donors (Lipinski definition) is 3. The molecule has 1 aliphatic heterocycles. The summed E-state index contributed by atoms with van der Waals surface area (Å²) in [7, 11) is 0. The van der Waals surface area contributed by atoms with Gasteiger partial charge in [-0.1, -0.05) is 12.2 Å².